The zero-order chi connectivity index (χ0) is 16.4. The second-order valence-electron chi connectivity index (χ2n) is 4.69. The van der Waals surface area contributed by atoms with Crippen LogP contribution in [0.15, 0.2) is 40.9 Å². The number of nitrogens with zero attached hydrogens (tertiary/aromatic N) is 2. The smallest absolute Gasteiger partial charge is 0.271 e. The highest BCUT2D eigenvalue weighted by Gasteiger charge is 2.09. The van der Waals surface area contributed by atoms with Crippen molar-refractivity contribution >= 4 is 55.3 Å². The van der Waals surface area contributed by atoms with E-state index in [4.69, 9.17) is 4.74 Å². The predicted octanol–water partition coefficient (Wildman–Crippen LogP) is 5.15. The standard InChI is InChI=1S/C16H11BrN2O3S/c1-22-14-5-2-10(8-12(14)17)3-7-16-18-13-9-11(19(20)21)4-6-15(13)23-16/h2-9H,1H3/b7-3+. The summed E-state index contributed by atoms with van der Waals surface area (Å²) in [6.45, 7) is 0. The van der Waals surface area contributed by atoms with E-state index < -0.39 is 4.92 Å². The summed E-state index contributed by atoms with van der Waals surface area (Å²) in [5.41, 5.74) is 1.69. The van der Waals surface area contributed by atoms with Crippen molar-refractivity contribution in [2.45, 2.75) is 0 Å². The van der Waals surface area contributed by atoms with E-state index in [1.165, 1.54) is 23.5 Å². The number of fused-ring (bicyclic) bond motifs is 1. The maximum absolute atomic E-state index is 10.8. The molecule has 0 unspecified atom stereocenters. The number of aromatic nitrogens is 1. The Morgan fingerprint density at radius 1 is 1.26 bits per heavy atom. The zero-order valence-electron chi connectivity index (χ0n) is 12.0. The Bertz CT molecular complexity index is 921. The summed E-state index contributed by atoms with van der Waals surface area (Å²) in [5.74, 6) is 0.773. The normalized spacial score (nSPS) is 11.2. The van der Waals surface area contributed by atoms with E-state index in [9.17, 15) is 10.1 Å². The van der Waals surface area contributed by atoms with Gasteiger partial charge in [0.1, 0.15) is 10.8 Å². The number of thiazole rings is 1. The highest BCUT2D eigenvalue weighted by Crippen LogP contribution is 2.28. The van der Waals surface area contributed by atoms with E-state index in [1.807, 2.05) is 30.4 Å². The summed E-state index contributed by atoms with van der Waals surface area (Å²) in [4.78, 5) is 14.8. The molecule has 0 radical (unpaired) electrons. The minimum atomic E-state index is -0.414. The van der Waals surface area contributed by atoms with Gasteiger partial charge in [-0.25, -0.2) is 4.98 Å². The zero-order valence-corrected chi connectivity index (χ0v) is 14.4. The van der Waals surface area contributed by atoms with Gasteiger partial charge in [-0.2, -0.15) is 0 Å². The van der Waals surface area contributed by atoms with Gasteiger partial charge in [0.15, 0.2) is 0 Å². The van der Waals surface area contributed by atoms with Crippen LogP contribution in [-0.2, 0) is 0 Å². The second-order valence-corrected chi connectivity index (χ2v) is 6.61. The maximum atomic E-state index is 10.8. The molecule has 23 heavy (non-hydrogen) atoms. The number of rotatable bonds is 4. The summed E-state index contributed by atoms with van der Waals surface area (Å²) >= 11 is 4.94. The van der Waals surface area contributed by atoms with Crippen molar-refractivity contribution in [3.63, 3.8) is 0 Å². The molecule has 0 N–H and O–H groups in total. The number of hydrogen-bond acceptors (Lipinski definition) is 5. The van der Waals surface area contributed by atoms with Gasteiger partial charge in [-0.3, -0.25) is 10.1 Å². The van der Waals surface area contributed by atoms with Gasteiger partial charge < -0.3 is 4.74 Å². The summed E-state index contributed by atoms with van der Waals surface area (Å²) < 4.78 is 7.00. The lowest BCUT2D eigenvalue weighted by Crippen LogP contribution is -1.86. The molecule has 3 rings (SSSR count). The van der Waals surface area contributed by atoms with Crippen LogP contribution in [0.2, 0.25) is 0 Å². The van der Waals surface area contributed by atoms with Crippen molar-refractivity contribution < 1.29 is 9.66 Å². The summed E-state index contributed by atoms with van der Waals surface area (Å²) in [6.07, 6.45) is 3.83. The van der Waals surface area contributed by atoms with E-state index in [2.05, 4.69) is 20.9 Å². The fourth-order valence-electron chi connectivity index (χ4n) is 2.07. The lowest BCUT2D eigenvalue weighted by Gasteiger charge is -2.03. The van der Waals surface area contributed by atoms with Gasteiger partial charge in [-0.15, -0.1) is 11.3 Å². The first-order valence-corrected chi connectivity index (χ1v) is 8.24. The van der Waals surface area contributed by atoms with Crippen LogP contribution in [0.1, 0.15) is 10.6 Å². The number of ether oxygens (including phenoxy) is 1. The average molecular weight is 391 g/mol. The van der Waals surface area contributed by atoms with Crippen LogP contribution >= 0.6 is 27.3 Å². The Morgan fingerprint density at radius 3 is 2.78 bits per heavy atom. The molecule has 5 nitrogen and oxygen atoms in total. The molecule has 0 saturated heterocycles. The van der Waals surface area contributed by atoms with E-state index >= 15 is 0 Å². The van der Waals surface area contributed by atoms with E-state index in [0.717, 1.165) is 25.5 Å². The maximum Gasteiger partial charge on any atom is 0.271 e. The Kier molecular flexibility index (Phi) is 4.40. The van der Waals surface area contributed by atoms with Gasteiger partial charge in [0.2, 0.25) is 0 Å². The quantitative estimate of drug-likeness (QED) is 0.456. The fourth-order valence-corrected chi connectivity index (χ4v) is 3.48. The molecule has 1 aromatic heterocycles. The summed E-state index contributed by atoms with van der Waals surface area (Å²) in [6, 6.07) is 10.5. The van der Waals surface area contributed by atoms with Gasteiger partial charge in [0, 0.05) is 12.1 Å². The van der Waals surface area contributed by atoms with Crippen molar-refractivity contribution in [3.05, 3.63) is 61.6 Å². The molecule has 0 amide bonds. The number of hydrogen-bond donors (Lipinski definition) is 0. The van der Waals surface area contributed by atoms with Crippen LogP contribution in [0.3, 0.4) is 0 Å². The predicted molar refractivity (Wildman–Crippen MR) is 95.9 cm³/mol. The van der Waals surface area contributed by atoms with Crippen molar-refractivity contribution in [2.75, 3.05) is 7.11 Å². The van der Waals surface area contributed by atoms with Crippen molar-refractivity contribution in [1.82, 2.24) is 4.98 Å². The van der Waals surface area contributed by atoms with Crippen molar-refractivity contribution in [1.29, 1.82) is 0 Å². The summed E-state index contributed by atoms with van der Waals surface area (Å²) in [7, 11) is 1.62. The Labute approximate surface area is 144 Å². The van der Waals surface area contributed by atoms with E-state index in [0.29, 0.717) is 5.52 Å². The molecule has 0 atom stereocenters. The van der Waals surface area contributed by atoms with E-state index in [-0.39, 0.29) is 5.69 Å². The lowest BCUT2D eigenvalue weighted by atomic mass is 10.2. The number of nitro benzene ring substituents is 1. The van der Waals surface area contributed by atoms with Crippen LogP contribution in [0, 0.1) is 10.1 Å². The topological polar surface area (TPSA) is 65.3 Å². The molecule has 2 aromatic carbocycles. The Morgan fingerprint density at radius 2 is 2.09 bits per heavy atom. The number of nitro groups is 1. The van der Waals surface area contributed by atoms with E-state index in [1.54, 1.807) is 13.2 Å². The van der Waals surface area contributed by atoms with Crippen LogP contribution in [-0.4, -0.2) is 17.0 Å². The number of benzene rings is 2. The average Bonchev–Trinajstić information content (AvgIpc) is 2.95. The van der Waals surface area contributed by atoms with Crippen molar-refractivity contribution in [2.24, 2.45) is 0 Å². The molecule has 0 fully saturated rings. The highest BCUT2D eigenvalue weighted by atomic mass is 79.9. The molecule has 7 heteroatoms. The molecular weight excluding hydrogens is 380 g/mol. The molecular formula is C16H11BrN2O3S. The largest absolute Gasteiger partial charge is 0.496 e. The number of methoxy groups -OCH3 is 1. The molecule has 0 bridgehead atoms. The number of non-ortho nitro benzene ring substituents is 1. The second kappa shape index (κ2) is 6.47. The van der Waals surface area contributed by atoms with Crippen LogP contribution in [0.4, 0.5) is 5.69 Å². The third-order valence-electron chi connectivity index (χ3n) is 3.19. The first kappa shape index (κ1) is 15.6. The lowest BCUT2D eigenvalue weighted by molar-refractivity contribution is -0.384. The van der Waals surface area contributed by atoms with Crippen LogP contribution < -0.4 is 4.74 Å². The van der Waals surface area contributed by atoms with Gasteiger partial charge >= 0.3 is 0 Å². The molecule has 0 spiro atoms. The van der Waals surface area contributed by atoms with Crippen molar-refractivity contribution in [3.8, 4) is 5.75 Å². The molecule has 1 heterocycles. The first-order chi connectivity index (χ1) is 11.1. The van der Waals surface area contributed by atoms with Gasteiger partial charge in [0.25, 0.3) is 5.69 Å². The van der Waals surface area contributed by atoms with Gasteiger partial charge in [-0.05, 0) is 45.8 Å². The van der Waals surface area contributed by atoms with Crippen LogP contribution in [0.25, 0.3) is 22.4 Å². The summed E-state index contributed by atoms with van der Waals surface area (Å²) in [5, 5.41) is 11.6. The first-order valence-electron chi connectivity index (χ1n) is 6.63. The fraction of sp³-hybridized carbons (Fsp3) is 0.0625. The molecule has 0 aliphatic carbocycles. The SMILES string of the molecule is COc1ccc(/C=C/c2nc3cc([N+](=O)[O-])ccc3s2)cc1Br. The monoisotopic (exact) mass is 390 g/mol. The third kappa shape index (κ3) is 3.40. The van der Waals surface area contributed by atoms with Gasteiger partial charge in [-0.1, -0.05) is 12.1 Å². The van der Waals surface area contributed by atoms with Crippen LogP contribution in [0.5, 0.6) is 5.75 Å². The Balaban J connectivity index is 1.88. The minimum Gasteiger partial charge on any atom is -0.496 e. The third-order valence-corrected chi connectivity index (χ3v) is 4.81. The molecule has 116 valence electrons. The highest BCUT2D eigenvalue weighted by molar-refractivity contribution is 9.10. The Hall–Kier alpha value is -2.25. The number of halogens is 1. The molecule has 3 aromatic rings. The molecule has 0 saturated carbocycles. The van der Waals surface area contributed by atoms with Gasteiger partial charge in [0.05, 0.1) is 26.7 Å². The molecule has 0 aliphatic heterocycles. The molecule has 0 aliphatic rings. The minimum absolute atomic E-state index is 0.0532.